The van der Waals surface area contributed by atoms with Gasteiger partial charge in [0.1, 0.15) is 18.1 Å². The minimum absolute atomic E-state index is 0.0169. The zero-order valence-corrected chi connectivity index (χ0v) is 12.8. The smallest absolute Gasteiger partial charge is 0.308 e. The lowest BCUT2D eigenvalue weighted by Gasteiger charge is -2.09. The lowest BCUT2D eigenvalue weighted by atomic mass is 10.1. The predicted molar refractivity (Wildman–Crippen MR) is 72.6 cm³/mol. The van der Waals surface area contributed by atoms with Gasteiger partial charge >= 0.3 is 5.97 Å². The molecule has 0 N–H and O–H groups in total. The quantitative estimate of drug-likeness (QED) is 0.356. The number of esters is 1. The van der Waals surface area contributed by atoms with Crippen LogP contribution in [0, 0.1) is 5.92 Å². The van der Waals surface area contributed by atoms with Crippen molar-refractivity contribution < 1.29 is 22.5 Å². The fourth-order valence-electron chi connectivity index (χ4n) is 1.18. The second kappa shape index (κ2) is 8.77. The molecule has 18 heavy (non-hydrogen) atoms. The van der Waals surface area contributed by atoms with E-state index in [-0.39, 0.29) is 28.5 Å². The van der Waals surface area contributed by atoms with Crippen LogP contribution >= 0.6 is 0 Å². The van der Waals surface area contributed by atoms with Gasteiger partial charge in [-0.05, 0) is 17.3 Å². The van der Waals surface area contributed by atoms with Crippen LogP contribution in [0.4, 0.5) is 0 Å². The average Bonchev–Trinajstić information content (AvgIpc) is 2.26. The van der Waals surface area contributed by atoms with Crippen LogP contribution < -0.4 is 0 Å². The summed E-state index contributed by atoms with van der Waals surface area (Å²) in [4.78, 5) is 11.4. The summed E-state index contributed by atoms with van der Waals surface area (Å²) in [7, 11) is -4.12. The highest BCUT2D eigenvalue weighted by Crippen LogP contribution is 2.04. The van der Waals surface area contributed by atoms with Gasteiger partial charge in [0, 0.05) is 12.2 Å². The number of hydrogen-bond donors (Lipinski definition) is 0. The Kier molecular flexibility index (Phi) is 8.64. The highest BCUT2D eigenvalue weighted by Gasteiger charge is 2.15. The normalized spacial score (nSPS) is 15.1. The van der Waals surface area contributed by atoms with Crippen molar-refractivity contribution in [3.63, 3.8) is 0 Å². The molecule has 2 unspecified atom stereocenters. The monoisotopic (exact) mass is 298 g/mol. The second-order valence-electron chi connectivity index (χ2n) is 4.28. The summed E-state index contributed by atoms with van der Waals surface area (Å²) in [6.45, 7) is 4.12. The van der Waals surface area contributed by atoms with Gasteiger partial charge in [0.25, 0.3) is 0 Å². The Morgan fingerprint density at radius 3 is 2.50 bits per heavy atom. The van der Waals surface area contributed by atoms with Crippen molar-refractivity contribution in [2.24, 2.45) is 5.92 Å². The number of carbonyl (C=O) groups is 1. The predicted octanol–water partition coefficient (Wildman–Crippen LogP) is 0.759. The fourth-order valence-corrected chi connectivity index (χ4v) is 3.07. The molecular weight excluding hydrogens is 276 g/mol. The van der Waals surface area contributed by atoms with E-state index in [9.17, 15) is 17.8 Å². The highest BCUT2D eigenvalue weighted by molar-refractivity contribution is 7.96. The molecule has 0 aromatic carbocycles. The molecule has 2 atom stereocenters. The van der Waals surface area contributed by atoms with Crippen molar-refractivity contribution in [3.8, 4) is 0 Å². The zero-order valence-electron chi connectivity index (χ0n) is 11.2. The summed E-state index contributed by atoms with van der Waals surface area (Å²) in [6, 6.07) is 0. The summed E-state index contributed by atoms with van der Waals surface area (Å²) < 4.78 is 36.3. The second-order valence-corrected chi connectivity index (χ2v) is 8.18. The maximum atomic E-state index is 11.4. The molecule has 5 nitrogen and oxygen atoms in total. The van der Waals surface area contributed by atoms with E-state index < -0.39 is 10.1 Å². The first kappa shape index (κ1) is 17.7. The van der Waals surface area contributed by atoms with Crippen molar-refractivity contribution >= 4 is 27.0 Å². The minimum atomic E-state index is -4.10. The van der Waals surface area contributed by atoms with Gasteiger partial charge in [-0.3, -0.25) is 4.79 Å². The van der Waals surface area contributed by atoms with Gasteiger partial charge in [-0.15, -0.1) is 0 Å². The molecule has 0 radical (unpaired) electrons. The lowest BCUT2D eigenvalue weighted by Crippen LogP contribution is -2.21. The van der Waals surface area contributed by atoms with E-state index in [1.807, 2.05) is 20.1 Å². The van der Waals surface area contributed by atoms with E-state index >= 15 is 0 Å². The Hall–Kier alpha value is -0.270. The van der Waals surface area contributed by atoms with Crippen LogP contribution in [0.25, 0.3) is 0 Å². The van der Waals surface area contributed by atoms with Crippen molar-refractivity contribution in [2.45, 2.75) is 26.7 Å². The number of rotatable bonds is 9. The van der Waals surface area contributed by atoms with Crippen LogP contribution in [-0.2, 0) is 30.5 Å². The van der Waals surface area contributed by atoms with Crippen molar-refractivity contribution in [3.05, 3.63) is 0 Å². The number of carbonyl (C=O) groups excluding carboxylic acids is 1. The summed E-state index contributed by atoms with van der Waals surface area (Å²) >= 11 is 0. The first-order valence-electron chi connectivity index (χ1n) is 5.95. The largest absolute Gasteiger partial charge is 0.748 e. The van der Waals surface area contributed by atoms with Crippen LogP contribution in [0.1, 0.15) is 26.7 Å². The molecule has 108 valence electrons. The number of hydrogen-bond acceptors (Lipinski definition) is 5. The van der Waals surface area contributed by atoms with E-state index in [1.165, 1.54) is 0 Å². The van der Waals surface area contributed by atoms with Crippen molar-refractivity contribution in [1.82, 2.24) is 0 Å². The minimum Gasteiger partial charge on any atom is -0.748 e. The Bertz CT molecular complexity index is 339. The molecule has 0 fully saturated rings. The molecule has 0 aliphatic heterocycles. The topological polar surface area (TPSA) is 83.5 Å². The van der Waals surface area contributed by atoms with E-state index in [2.05, 4.69) is 0 Å². The Morgan fingerprint density at radius 2 is 2.00 bits per heavy atom. The Balaban J connectivity index is 3.65. The number of ether oxygens (including phenoxy) is 1. The van der Waals surface area contributed by atoms with E-state index in [1.54, 1.807) is 0 Å². The zero-order chi connectivity index (χ0) is 14.2. The highest BCUT2D eigenvalue weighted by atomic mass is 32.2. The maximum Gasteiger partial charge on any atom is 0.308 e. The molecule has 0 aromatic rings. The van der Waals surface area contributed by atoms with Crippen LogP contribution in [0.15, 0.2) is 0 Å². The molecule has 0 aliphatic carbocycles. The van der Waals surface area contributed by atoms with E-state index in [0.717, 1.165) is 12.2 Å². The van der Waals surface area contributed by atoms with Crippen LogP contribution in [0.2, 0.25) is 0 Å². The van der Waals surface area contributed by atoms with E-state index in [0.29, 0.717) is 18.8 Å². The van der Waals surface area contributed by atoms with Gasteiger partial charge in [0.15, 0.2) is 0 Å². The third-order valence-corrected chi connectivity index (χ3v) is 5.22. The first-order chi connectivity index (χ1) is 8.26. The van der Waals surface area contributed by atoms with Gasteiger partial charge in [-0.2, -0.15) is 0 Å². The van der Waals surface area contributed by atoms with Gasteiger partial charge in [-0.25, -0.2) is 8.42 Å². The SMILES string of the molecule is CCC(C)C(=O)OCC[S+](C)CCCS(=O)(=O)[O-]. The van der Waals surface area contributed by atoms with Gasteiger partial charge in [0.2, 0.25) is 0 Å². The average molecular weight is 298 g/mol. The summed E-state index contributed by atoms with van der Waals surface area (Å²) in [5, 5.41) is 0. The summed E-state index contributed by atoms with van der Waals surface area (Å²) in [6.07, 6.45) is 3.12. The lowest BCUT2D eigenvalue weighted by molar-refractivity contribution is -0.147. The molecule has 0 bridgehead atoms. The Labute approximate surface area is 112 Å². The molecule has 0 spiro atoms. The molecule has 0 saturated carbocycles. The van der Waals surface area contributed by atoms with Crippen molar-refractivity contribution in [2.75, 3.05) is 30.1 Å². The molecule has 0 rings (SSSR count). The third kappa shape index (κ3) is 9.73. The fraction of sp³-hybridized carbons (Fsp3) is 0.909. The summed E-state index contributed by atoms with van der Waals surface area (Å²) in [5.41, 5.74) is 0. The van der Waals surface area contributed by atoms with Gasteiger partial charge in [0.05, 0.1) is 22.3 Å². The van der Waals surface area contributed by atoms with Gasteiger partial charge in [-0.1, -0.05) is 13.8 Å². The van der Waals surface area contributed by atoms with E-state index in [4.69, 9.17) is 4.74 Å². The molecular formula is C11H22O5S2. The molecule has 0 aromatic heterocycles. The molecule has 0 amide bonds. The molecule has 7 heteroatoms. The third-order valence-electron chi connectivity index (χ3n) is 2.58. The Morgan fingerprint density at radius 1 is 1.39 bits per heavy atom. The van der Waals surface area contributed by atoms with Crippen LogP contribution in [-0.4, -0.2) is 49.1 Å². The van der Waals surface area contributed by atoms with Crippen molar-refractivity contribution in [1.29, 1.82) is 0 Å². The maximum absolute atomic E-state index is 11.4. The molecule has 0 saturated heterocycles. The van der Waals surface area contributed by atoms with Crippen LogP contribution in [0.3, 0.4) is 0 Å². The first-order valence-corrected chi connectivity index (χ1v) is 9.50. The van der Waals surface area contributed by atoms with Crippen LogP contribution in [0.5, 0.6) is 0 Å². The molecule has 0 aliphatic rings. The summed E-state index contributed by atoms with van der Waals surface area (Å²) in [5.74, 6) is 0.839. The molecule has 0 heterocycles. The standard InChI is InChI=1S/C11H22O5S2/c1-4-10(2)11(12)16-6-8-17(3)7-5-9-18(13,14)15/h10H,4-9H2,1-3H3. The van der Waals surface area contributed by atoms with Gasteiger partial charge < -0.3 is 9.29 Å².